The predicted molar refractivity (Wildman–Crippen MR) is 108 cm³/mol. The number of ketones is 1. The third kappa shape index (κ3) is 4.70. The summed E-state index contributed by atoms with van der Waals surface area (Å²) in [5.74, 6) is -0.690. The van der Waals surface area contributed by atoms with Gasteiger partial charge in [0.15, 0.2) is 5.78 Å². The van der Waals surface area contributed by atoms with Crippen molar-refractivity contribution >= 4 is 27.4 Å². The second kappa shape index (κ2) is 8.55. The third-order valence-electron chi connectivity index (χ3n) is 4.96. The van der Waals surface area contributed by atoms with Crippen LogP contribution in [0.5, 0.6) is 0 Å². The Morgan fingerprint density at radius 3 is 2.45 bits per heavy atom. The van der Waals surface area contributed by atoms with Gasteiger partial charge in [0.05, 0.1) is 16.5 Å². The Bertz CT molecular complexity index is 1080. The maximum absolute atomic E-state index is 12.9. The van der Waals surface area contributed by atoms with E-state index in [2.05, 4.69) is 5.32 Å². The topological polar surface area (TPSA) is 107 Å². The van der Waals surface area contributed by atoms with Crippen LogP contribution in [0.2, 0.25) is 0 Å². The van der Waals surface area contributed by atoms with Crippen LogP contribution in [0.25, 0.3) is 0 Å². The number of hydrogen-bond acceptors (Lipinski definition) is 5. The van der Waals surface area contributed by atoms with Gasteiger partial charge in [-0.3, -0.25) is 9.59 Å². The number of anilines is 1. The summed E-state index contributed by atoms with van der Waals surface area (Å²) in [5.41, 5.74) is 1.35. The minimum absolute atomic E-state index is 0.0846. The van der Waals surface area contributed by atoms with Crippen molar-refractivity contribution in [2.75, 3.05) is 18.4 Å². The van der Waals surface area contributed by atoms with Gasteiger partial charge >= 0.3 is 0 Å². The van der Waals surface area contributed by atoms with Crippen molar-refractivity contribution in [1.29, 1.82) is 5.26 Å². The number of nitrogens with zero attached hydrogens (tertiary/aromatic N) is 2. The van der Waals surface area contributed by atoms with Crippen LogP contribution >= 0.6 is 0 Å². The normalized spacial score (nSPS) is 15.4. The summed E-state index contributed by atoms with van der Waals surface area (Å²) in [6, 6.07) is 14.7. The largest absolute Gasteiger partial charge is 0.326 e. The third-order valence-corrected chi connectivity index (χ3v) is 6.86. The predicted octanol–water partition coefficient (Wildman–Crippen LogP) is 2.80. The molecule has 1 saturated heterocycles. The van der Waals surface area contributed by atoms with Crippen molar-refractivity contribution in [3.05, 3.63) is 59.7 Å². The molecule has 3 rings (SSSR count). The molecule has 2 aromatic rings. The molecule has 1 heterocycles. The smallest absolute Gasteiger partial charge is 0.243 e. The highest BCUT2D eigenvalue weighted by molar-refractivity contribution is 7.89. The number of piperidine rings is 1. The van der Waals surface area contributed by atoms with Crippen LogP contribution in [0.1, 0.15) is 35.7 Å². The number of carbonyl (C=O) groups is 2. The molecule has 0 spiro atoms. The minimum atomic E-state index is -3.72. The average molecular weight is 411 g/mol. The van der Waals surface area contributed by atoms with Gasteiger partial charge in [-0.05, 0) is 50.1 Å². The van der Waals surface area contributed by atoms with Crippen LogP contribution in [0.4, 0.5) is 5.69 Å². The van der Waals surface area contributed by atoms with E-state index in [1.54, 1.807) is 36.4 Å². The first-order valence-electron chi connectivity index (χ1n) is 9.23. The van der Waals surface area contributed by atoms with Crippen molar-refractivity contribution in [2.45, 2.75) is 24.7 Å². The van der Waals surface area contributed by atoms with E-state index in [1.165, 1.54) is 23.4 Å². The molecule has 1 aliphatic rings. The molecule has 0 aliphatic carbocycles. The van der Waals surface area contributed by atoms with Gasteiger partial charge in [-0.2, -0.15) is 9.57 Å². The zero-order valence-corrected chi connectivity index (χ0v) is 16.8. The van der Waals surface area contributed by atoms with Crippen molar-refractivity contribution in [3.8, 4) is 6.07 Å². The molecular weight excluding hydrogens is 390 g/mol. The molecule has 7 nitrogen and oxygen atoms in total. The van der Waals surface area contributed by atoms with Crippen molar-refractivity contribution < 1.29 is 18.0 Å². The molecule has 0 atom stereocenters. The SMILES string of the molecule is CC(=O)c1cccc(S(=O)(=O)N2CCC(C(=O)Nc3cccc(C#N)c3)CC2)c1. The van der Waals surface area contributed by atoms with Crippen molar-refractivity contribution in [3.63, 3.8) is 0 Å². The number of benzene rings is 2. The highest BCUT2D eigenvalue weighted by Gasteiger charge is 2.32. The average Bonchev–Trinajstić information content (AvgIpc) is 2.74. The van der Waals surface area contributed by atoms with Gasteiger partial charge < -0.3 is 5.32 Å². The monoisotopic (exact) mass is 411 g/mol. The highest BCUT2D eigenvalue weighted by atomic mass is 32.2. The lowest BCUT2D eigenvalue weighted by molar-refractivity contribution is -0.120. The first-order valence-corrected chi connectivity index (χ1v) is 10.7. The van der Waals surface area contributed by atoms with Gasteiger partial charge in [0.2, 0.25) is 15.9 Å². The Morgan fingerprint density at radius 2 is 1.79 bits per heavy atom. The zero-order chi connectivity index (χ0) is 21.0. The molecule has 29 heavy (non-hydrogen) atoms. The minimum Gasteiger partial charge on any atom is -0.326 e. The van der Waals surface area contributed by atoms with Gasteiger partial charge in [0, 0.05) is 30.3 Å². The number of Topliss-reactive ketones (excluding diaryl/α,β-unsaturated/α-hetero) is 1. The molecule has 0 aromatic heterocycles. The van der Waals surface area contributed by atoms with E-state index in [0.29, 0.717) is 29.7 Å². The van der Waals surface area contributed by atoms with Crippen LogP contribution in [-0.4, -0.2) is 37.5 Å². The number of hydrogen-bond donors (Lipinski definition) is 1. The Balaban J connectivity index is 1.65. The van der Waals surface area contributed by atoms with Crippen LogP contribution in [0, 0.1) is 17.2 Å². The van der Waals surface area contributed by atoms with E-state index in [0.717, 1.165) is 0 Å². The van der Waals surface area contributed by atoms with E-state index in [9.17, 15) is 18.0 Å². The molecule has 1 amide bonds. The van der Waals surface area contributed by atoms with Gasteiger partial charge in [-0.1, -0.05) is 18.2 Å². The zero-order valence-electron chi connectivity index (χ0n) is 16.0. The molecule has 1 fully saturated rings. The number of sulfonamides is 1. The first-order chi connectivity index (χ1) is 13.8. The fraction of sp³-hybridized carbons (Fsp3) is 0.286. The van der Waals surface area contributed by atoms with Crippen LogP contribution in [0.15, 0.2) is 53.4 Å². The number of rotatable bonds is 5. The van der Waals surface area contributed by atoms with Crippen molar-refractivity contribution in [2.24, 2.45) is 5.92 Å². The van der Waals surface area contributed by atoms with Gasteiger partial charge in [0.25, 0.3) is 0 Å². The summed E-state index contributed by atoms with van der Waals surface area (Å²) in [7, 11) is -3.72. The Kier molecular flexibility index (Phi) is 6.11. The van der Waals surface area contributed by atoms with Gasteiger partial charge in [-0.15, -0.1) is 0 Å². The summed E-state index contributed by atoms with van der Waals surface area (Å²) in [6.07, 6.45) is 0.796. The van der Waals surface area contributed by atoms with Crippen molar-refractivity contribution in [1.82, 2.24) is 4.31 Å². The highest BCUT2D eigenvalue weighted by Crippen LogP contribution is 2.25. The summed E-state index contributed by atoms with van der Waals surface area (Å²) < 4.78 is 27.1. The van der Waals surface area contributed by atoms with Crippen LogP contribution in [-0.2, 0) is 14.8 Å². The van der Waals surface area contributed by atoms with E-state index in [-0.39, 0.29) is 35.6 Å². The number of nitriles is 1. The molecule has 2 aromatic carbocycles. The fourth-order valence-electron chi connectivity index (χ4n) is 3.29. The lowest BCUT2D eigenvalue weighted by atomic mass is 9.97. The quantitative estimate of drug-likeness (QED) is 0.761. The second-order valence-electron chi connectivity index (χ2n) is 6.94. The summed E-state index contributed by atoms with van der Waals surface area (Å²) in [5, 5.41) is 11.7. The molecule has 0 bridgehead atoms. The number of nitrogens with one attached hydrogen (secondary N) is 1. The Morgan fingerprint density at radius 1 is 1.10 bits per heavy atom. The molecule has 0 radical (unpaired) electrons. The van der Waals surface area contributed by atoms with E-state index in [1.807, 2.05) is 6.07 Å². The molecule has 8 heteroatoms. The summed E-state index contributed by atoms with van der Waals surface area (Å²) in [6.45, 7) is 1.84. The van der Waals surface area contributed by atoms with E-state index in [4.69, 9.17) is 5.26 Å². The van der Waals surface area contributed by atoms with E-state index < -0.39 is 10.0 Å². The standard InChI is InChI=1S/C21H21N3O4S/c1-15(25)18-5-3-7-20(13-18)29(27,28)24-10-8-17(9-11-24)21(26)23-19-6-2-4-16(12-19)14-22/h2-7,12-13,17H,8-11H2,1H3,(H,23,26). The molecule has 1 N–H and O–H groups in total. The summed E-state index contributed by atoms with van der Waals surface area (Å²) in [4.78, 5) is 24.1. The maximum atomic E-state index is 12.9. The van der Waals surface area contributed by atoms with Gasteiger partial charge in [-0.25, -0.2) is 8.42 Å². The van der Waals surface area contributed by atoms with Crippen LogP contribution < -0.4 is 5.32 Å². The maximum Gasteiger partial charge on any atom is 0.243 e. The second-order valence-corrected chi connectivity index (χ2v) is 8.88. The molecule has 150 valence electrons. The molecule has 0 saturated carbocycles. The summed E-state index contributed by atoms with van der Waals surface area (Å²) >= 11 is 0. The first kappa shape index (κ1) is 20.7. The lowest BCUT2D eigenvalue weighted by Crippen LogP contribution is -2.41. The van der Waals surface area contributed by atoms with E-state index >= 15 is 0 Å². The molecular formula is C21H21N3O4S. The van der Waals surface area contributed by atoms with Gasteiger partial charge in [0.1, 0.15) is 0 Å². The molecule has 1 aliphatic heterocycles. The van der Waals surface area contributed by atoms with Crippen LogP contribution in [0.3, 0.4) is 0 Å². The Hall–Kier alpha value is -3.02. The Labute approximate surface area is 170 Å². The number of carbonyl (C=O) groups excluding carboxylic acids is 2. The fourth-order valence-corrected chi connectivity index (χ4v) is 4.81. The lowest BCUT2D eigenvalue weighted by Gasteiger charge is -2.30. The number of amides is 1. The molecule has 0 unspecified atom stereocenters.